The van der Waals surface area contributed by atoms with Gasteiger partial charge in [-0.1, -0.05) is 12.1 Å². The summed E-state index contributed by atoms with van der Waals surface area (Å²) in [5.41, 5.74) is 2.72. The highest BCUT2D eigenvalue weighted by atomic mass is 19.1. The first-order valence-electron chi connectivity index (χ1n) is 10.8. The molecular weight excluding hydrogens is 408 g/mol. The zero-order valence-electron chi connectivity index (χ0n) is 17.5. The van der Waals surface area contributed by atoms with Gasteiger partial charge in [0.25, 0.3) is 0 Å². The van der Waals surface area contributed by atoms with E-state index in [4.69, 9.17) is 9.98 Å². The average Bonchev–Trinajstić information content (AvgIpc) is 2.83. The van der Waals surface area contributed by atoms with Gasteiger partial charge in [0.1, 0.15) is 17.5 Å². The lowest BCUT2D eigenvalue weighted by molar-refractivity contribution is 0.331. The fraction of sp³-hybridized carbons (Fsp3) is 0.280. The lowest BCUT2D eigenvalue weighted by Crippen LogP contribution is -2.37. The second-order valence-corrected chi connectivity index (χ2v) is 8.17. The van der Waals surface area contributed by atoms with Crippen LogP contribution in [0.1, 0.15) is 30.5 Å². The molecule has 32 heavy (non-hydrogen) atoms. The summed E-state index contributed by atoms with van der Waals surface area (Å²) in [6.45, 7) is 0.514. The van der Waals surface area contributed by atoms with Gasteiger partial charge in [-0.2, -0.15) is 0 Å². The Morgan fingerprint density at radius 3 is 2.78 bits per heavy atom. The second kappa shape index (κ2) is 8.94. The highest BCUT2D eigenvalue weighted by molar-refractivity contribution is 6.14. The van der Waals surface area contributed by atoms with Crippen molar-refractivity contribution in [3.8, 4) is 0 Å². The first kappa shape index (κ1) is 20.4. The maximum Gasteiger partial charge on any atom is 0.159 e. The highest BCUT2D eigenvalue weighted by Gasteiger charge is 2.34. The van der Waals surface area contributed by atoms with Gasteiger partial charge in [0, 0.05) is 41.7 Å². The number of pyridine rings is 2. The van der Waals surface area contributed by atoms with Gasteiger partial charge in [-0.25, -0.2) is 13.8 Å². The van der Waals surface area contributed by atoms with Crippen molar-refractivity contribution in [3.63, 3.8) is 0 Å². The zero-order chi connectivity index (χ0) is 21.9. The van der Waals surface area contributed by atoms with Crippen LogP contribution in [0.25, 0.3) is 0 Å². The molecule has 3 heterocycles. The number of hydrogen-bond acceptors (Lipinski definition) is 5. The number of rotatable bonds is 4. The predicted molar refractivity (Wildman–Crippen MR) is 120 cm³/mol. The first-order valence-corrected chi connectivity index (χ1v) is 10.8. The number of nitrogens with zero attached hydrogens (tertiary/aromatic N) is 4. The largest absolute Gasteiger partial charge is 0.364 e. The van der Waals surface area contributed by atoms with E-state index in [1.807, 2.05) is 30.3 Å². The van der Waals surface area contributed by atoms with Crippen LogP contribution in [0, 0.1) is 11.8 Å². The molecule has 2 aromatic rings. The summed E-state index contributed by atoms with van der Waals surface area (Å²) < 4.78 is 28.0. The van der Waals surface area contributed by atoms with Crippen molar-refractivity contribution < 1.29 is 8.78 Å². The van der Waals surface area contributed by atoms with E-state index in [-0.39, 0.29) is 23.7 Å². The summed E-state index contributed by atoms with van der Waals surface area (Å²) in [5, 5.41) is 3.42. The van der Waals surface area contributed by atoms with Crippen molar-refractivity contribution in [1.82, 2.24) is 15.3 Å². The van der Waals surface area contributed by atoms with Crippen molar-refractivity contribution in [1.29, 1.82) is 0 Å². The number of hydrogen-bond donors (Lipinski definition) is 1. The van der Waals surface area contributed by atoms with Crippen LogP contribution >= 0.6 is 0 Å². The third-order valence-corrected chi connectivity index (χ3v) is 6.09. The van der Waals surface area contributed by atoms with E-state index in [1.54, 1.807) is 18.6 Å². The van der Waals surface area contributed by atoms with E-state index >= 15 is 0 Å². The number of allylic oxidation sites excluding steroid dienone is 5. The van der Waals surface area contributed by atoms with Crippen molar-refractivity contribution in [2.45, 2.75) is 31.8 Å². The molecule has 2 aliphatic carbocycles. The molecule has 0 radical (unpaired) electrons. The molecule has 7 heteroatoms. The number of fused-ring (bicyclic) bond motifs is 1. The van der Waals surface area contributed by atoms with Gasteiger partial charge in [0.15, 0.2) is 5.84 Å². The van der Waals surface area contributed by atoms with E-state index in [9.17, 15) is 8.78 Å². The quantitative estimate of drug-likeness (QED) is 0.752. The van der Waals surface area contributed by atoms with Crippen molar-refractivity contribution >= 4 is 11.7 Å². The summed E-state index contributed by atoms with van der Waals surface area (Å²) in [4.78, 5) is 18.2. The molecular formula is C25H23F2N5. The maximum atomic E-state index is 14.5. The van der Waals surface area contributed by atoms with Crippen molar-refractivity contribution in [2.75, 3.05) is 0 Å². The molecule has 0 saturated heterocycles. The van der Waals surface area contributed by atoms with Gasteiger partial charge >= 0.3 is 0 Å². The summed E-state index contributed by atoms with van der Waals surface area (Å²) in [5.74, 6) is 0.1000. The molecule has 162 valence electrons. The SMILES string of the molecule is FC1=CCC(C2C=C3C(NCc4ccccn4)=NC(c4cccnc4)=NC3CC2)C(F)=C1. The molecule has 0 spiro atoms. The Morgan fingerprint density at radius 1 is 1.06 bits per heavy atom. The minimum Gasteiger partial charge on any atom is -0.364 e. The monoisotopic (exact) mass is 431 g/mol. The van der Waals surface area contributed by atoms with E-state index in [2.05, 4.69) is 21.4 Å². The van der Waals surface area contributed by atoms with Gasteiger partial charge in [-0.05, 0) is 55.5 Å². The van der Waals surface area contributed by atoms with Gasteiger partial charge in [-0.3, -0.25) is 15.0 Å². The minimum absolute atomic E-state index is 0.0288. The molecule has 5 nitrogen and oxygen atoms in total. The number of amidine groups is 2. The topological polar surface area (TPSA) is 62.5 Å². The zero-order valence-corrected chi connectivity index (χ0v) is 17.5. The number of nitrogens with one attached hydrogen (secondary N) is 1. The van der Waals surface area contributed by atoms with E-state index in [0.29, 0.717) is 18.8 Å². The number of halogens is 2. The Labute approximate surface area is 185 Å². The third-order valence-electron chi connectivity index (χ3n) is 6.09. The smallest absolute Gasteiger partial charge is 0.159 e. The number of aliphatic imine (C=N–C) groups is 2. The summed E-state index contributed by atoms with van der Waals surface area (Å²) in [6, 6.07) is 9.51. The lowest BCUT2D eigenvalue weighted by Gasteiger charge is -2.34. The number of aromatic nitrogens is 2. The van der Waals surface area contributed by atoms with Crippen LogP contribution in [0.5, 0.6) is 0 Å². The Kier molecular flexibility index (Phi) is 5.71. The van der Waals surface area contributed by atoms with Crippen LogP contribution in [0.4, 0.5) is 8.78 Å². The van der Waals surface area contributed by atoms with Gasteiger partial charge < -0.3 is 5.32 Å². The summed E-state index contributed by atoms with van der Waals surface area (Å²) in [7, 11) is 0. The first-order chi connectivity index (χ1) is 15.7. The molecule has 0 amide bonds. The van der Waals surface area contributed by atoms with Gasteiger partial charge in [-0.15, -0.1) is 0 Å². The fourth-order valence-electron chi connectivity index (χ4n) is 4.45. The van der Waals surface area contributed by atoms with Crippen LogP contribution in [0.15, 0.2) is 94.4 Å². The summed E-state index contributed by atoms with van der Waals surface area (Å²) >= 11 is 0. The maximum absolute atomic E-state index is 14.5. The van der Waals surface area contributed by atoms with Crippen LogP contribution in [0.2, 0.25) is 0 Å². The Balaban J connectivity index is 1.46. The fourth-order valence-corrected chi connectivity index (χ4v) is 4.45. The van der Waals surface area contributed by atoms with Crippen molar-refractivity contribution in [2.24, 2.45) is 21.8 Å². The lowest BCUT2D eigenvalue weighted by atomic mass is 9.76. The Bertz CT molecular complexity index is 1140. The average molecular weight is 431 g/mol. The molecule has 1 aliphatic heterocycles. The van der Waals surface area contributed by atoms with E-state index in [0.717, 1.165) is 41.6 Å². The molecule has 2 aromatic heterocycles. The second-order valence-electron chi connectivity index (χ2n) is 8.17. The molecule has 5 rings (SSSR count). The highest BCUT2D eigenvalue weighted by Crippen LogP contribution is 2.40. The molecule has 3 unspecified atom stereocenters. The Morgan fingerprint density at radius 2 is 2.00 bits per heavy atom. The molecule has 3 atom stereocenters. The molecule has 0 aromatic carbocycles. The standard InChI is InChI=1S/C25H23F2N5/c26-18-7-8-20(22(27)13-18)16-6-9-23-21(12-16)25(30-15-19-5-1-2-11-29-19)32-24(31-23)17-4-3-10-28-14-17/h1-5,7,10-14,16,20,23H,6,8-9,15H2,(H,30,31,32). The normalized spacial score (nSPS) is 24.9. The molecule has 0 saturated carbocycles. The molecule has 1 N–H and O–H groups in total. The Hall–Kier alpha value is -3.48. The van der Waals surface area contributed by atoms with E-state index in [1.165, 1.54) is 6.08 Å². The van der Waals surface area contributed by atoms with Crippen LogP contribution in [-0.2, 0) is 6.54 Å². The third kappa shape index (κ3) is 4.28. The van der Waals surface area contributed by atoms with Gasteiger partial charge in [0.05, 0.1) is 18.3 Å². The minimum atomic E-state index is -0.497. The molecule has 0 bridgehead atoms. The molecule has 0 fully saturated rings. The van der Waals surface area contributed by atoms with Crippen LogP contribution in [-0.4, -0.2) is 27.7 Å². The van der Waals surface area contributed by atoms with Crippen molar-refractivity contribution in [3.05, 3.63) is 95.6 Å². The predicted octanol–water partition coefficient (Wildman–Crippen LogP) is 4.86. The van der Waals surface area contributed by atoms with Crippen LogP contribution < -0.4 is 5.32 Å². The van der Waals surface area contributed by atoms with Crippen LogP contribution in [0.3, 0.4) is 0 Å². The van der Waals surface area contributed by atoms with Gasteiger partial charge in [0.2, 0.25) is 0 Å². The van der Waals surface area contributed by atoms with E-state index < -0.39 is 5.83 Å². The summed E-state index contributed by atoms with van der Waals surface area (Å²) in [6.07, 6.45) is 11.7. The molecule has 3 aliphatic rings.